The Hall–Kier alpha value is -1.03. The van der Waals surface area contributed by atoms with Gasteiger partial charge >= 0.3 is 0 Å². The maximum Gasteiger partial charge on any atom is 0.122 e. The van der Waals surface area contributed by atoms with E-state index < -0.39 is 0 Å². The van der Waals surface area contributed by atoms with Gasteiger partial charge < -0.3 is 15.0 Å². The molecule has 0 aromatic carbocycles. The predicted octanol–water partition coefficient (Wildman–Crippen LogP) is 0.0274. The van der Waals surface area contributed by atoms with Crippen molar-refractivity contribution in [3.63, 3.8) is 0 Å². The Morgan fingerprint density at radius 3 is 2.83 bits per heavy atom. The number of methoxy groups -OCH3 is 1. The Morgan fingerprint density at radius 2 is 2.33 bits per heavy atom. The van der Waals surface area contributed by atoms with E-state index in [1.165, 1.54) is 0 Å². The van der Waals surface area contributed by atoms with Crippen molar-refractivity contribution in [2.45, 2.75) is 6.10 Å². The highest BCUT2D eigenvalue weighted by atomic mass is 16.5. The number of hydrogen-bond donors (Lipinski definition) is 2. The molecule has 4 nitrogen and oxygen atoms in total. The first-order valence-corrected chi connectivity index (χ1v) is 3.98. The lowest BCUT2D eigenvalue weighted by atomic mass is 10.1. The van der Waals surface area contributed by atoms with Crippen LogP contribution in [0.15, 0.2) is 12.3 Å². The van der Waals surface area contributed by atoms with E-state index in [9.17, 15) is 0 Å². The van der Waals surface area contributed by atoms with E-state index in [4.69, 9.17) is 10.1 Å². The molecule has 12 heavy (non-hydrogen) atoms. The van der Waals surface area contributed by atoms with Crippen LogP contribution in [0.2, 0.25) is 0 Å². The molecule has 0 aliphatic carbocycles. The SMILES string of the molecule is CN/C=C\C(=N)N1CC(OC)C1. The van der Waals surface area contributed by atoms with E-state index in [1.807, 2.05) is 11.9 Å². The fourth-order valence-corrected chi connectivity index (χ4v) is 1.05. The van der Waals surface area contributed by atoms with Gasteiger partial charge in [-0.2, -0.15) is 0 Å². The molecule has 1 aliphatic rings. The normalized spacial score (nSPS) is 18.0. The van der Waals surface area contributed by atoms with Crippen LogP contribution in [0.1, 0.15) is 0 Å². The zero-order valence-corrected chi connectivity index (χ0v) is 7.50. The molecule has 68 valence electrons. The second-order valence-corrected chi connectivity index (χ2v) is 2.77. The van der Waals surface area contributed by atoms with Crippen molar-refractivity contribution in [3.8, 4) is 0 Å². The van der Waals surface area contributed by atoms with E-state index in [1.54, 1.807) is 19.4 Å². The highest BCUT2D eigenvalue weighted by molar-refractivity contribution is 5.90. The molecule has 0 saturated carbocycles. The van der Waals surface area contributed by atoms with Crippen molar-refractivity contribution in [2.24, 2.45) is 0 Å². The monoisotopic (exact) mass is 169 g/mol. The van der Waals surface area contributed by atoms with Gasteiger partial charge in [-0.15, -0.1) is 0 Å². The lowest BCUT2D eigenvalue weighted by Crippen LogP contribution is -2.53. The van der Waals surface area contributed by atoms with Crippen molar-refractivity contribution in [1.82, 2.24) is 10.2 Å². The van der Waals surface area contributed by atoms with Gasteiger partial charge in [0.2, 0.25) is 0 Å². The van der Waals surface area contributed by atoms with Crippen LogP contribution in [0.25, 0.3) is 0 Å². The van der Waals surface area contributed by atoms with Crippen LogP contribution in [-0.4, -0.2) is 44.1 Å². The van der Waals surface area contributed by atoms with Gasteiger partial charge in [-0.05, 0) is 12.3 Å². The van der Waals surface area contributed by atoms with Gasteiger partial charge in [0.25, 0.3) is 0 Å². The molecule has 1 saturated heterocycles. The minimum absolute atomic E-state index is 0.313. The summed E-state index contributed by atoms with van der Waals surface area (Å²) in [6.45, 7) is 1.67. The lowest BCUT2D eigenvalue weighted by Gasteiger charge is -2.39. The Kier molecular flexibility index (Phi) is 3.10. The van der Waals surface area contributed by atoms with E-state index in [0.717, 1.165) is 13.1 Å². The van der Waals surface area contributed by atoms with Crippen LogP contribution in [-0.2, 0) is 4.74 Å². The molecule has 0 amide bonds. The summed E-state index contributed by atoms with van der Waals surface area (Å²) in [6, 6.07) is 0. The number of nitrogens with zero attached hydrogens (tertiary/aromatic N) is 1. The van der Waals surface area contributed by atoms with Crippen LogP contribution >= 0.6 is 0 Å². The maximum atomic E-state index is 7.56. The lowest BCUT2D eigenvalue weighted by molar-refractivity contribution is 0.00593. The van der Waals surface area contributed by atoms with Crippen molar-refractivity contribution >= 4 is 5.84 Å². The molecule has 2 N–H and O–H groups in total. The first-order chi connectivity index (χ1) is 5.77. The third kappa shape index (κ3) is 1.98. The summed E-state index contributed by atoms with van der Waals surface area (Å²) in [6.07, 6.45) is 3.81. The van der Waals surface area contributed by atoms with Gasteiger partial charge in [0.1, 0.15) is 5.84 Å². The zero-order chi connectivity index (χ0) is 8.97. The molecule has 1 fully saturated rings. The minimum atomic E-state index is 0.313. The Balaban J connectivity index is 2.23. The number of ether oxygens (including phenoxy) is 1. The second kappa shape index (κ2) is 4.11. The van der Waals surface area contributed by atoms with E-state index in [0.29, 0.717) is 11.9 Å². The smallest absolute Gasteiger partial charge is 0.122 e. The first kappa shape index (κ1) is 9.06. The van der Waals surface area contributed by atoms with Crippen LogP contribution < -0.4 is 5.32 Å². The fraction of sp³-hybridized carbons (Fsp3) is 0.625. The standard InChI is InChI=1S/C8H15N3O/c1-10-4-3-8(9)11-5-7(6-11)12-2/h3-4,7,9-10H,5-6H2,1-2H3/b4-3-,9-8?. The molecule has 0 atom stereocenters. The summed E-state index contributed by atoms with van der Waals surface area (Å²) in [5.41, 5.74) is 0. The van der Waals surface area contributed by atoms with Gasteiger partial charge in [0.15, 0.2) is 0 Å². The molecule has 1 heterocycles. The molecule has 0 unspecified atom stereocenters. The predicted molar refractivity (Wildman–Crippen MR) is 48.3 cm³/mol. The minimum Gasteiger partial charge on any atom is -0.394 e. The van der Waals surface area contributed by atoms with E-state index >= 15 is 0 Å². The van der Waals surface area contributed by atoms with E-state index in [2.05, 4.69) is 5.32 Å². The van der Waals surface area contributed by atoms with Gasteiger partial charge in [-0.25, -0.2) is 0 Å². The fourth-order valence-electron chi connectivity index (χ4n) is 1.05. The largest absolute Gasteiger partial charge is 0.394 e. The van der Waals surface area contributed by atoms with Crippen LogP contribution in [0, 0.1) is 5.41 Å². The molecule has 1 aliphatic heterocycles. The second-order valence-electron chi connectivity index (χ2n) is 2.77. The number of nitrogens with one attached hydrogen (secondary N) is 2. The third-order valence-corrected chi connectivity index (χ3v) is 1.93. The third-order valence-electron chi connectivity index (χ3n) is 1.93. The van der Waals surface area contributed by atoms with Gasteiger partial charge in [0, 0.05) is 27.2 Å². The average Bonchev–Trinajstić information content (AvgIpc) is 1.99. The van der Waals surface area contributed by atoms with Crippen molar-refractivity contribution < 1.29 is 4.74 Å². The number of rotatable bonds is 3. The summed E-state index contributed by atoms with van der Waals surface area (Å²) < 4.78 is 5.09. The summed E-state index contributed by atoms with van der Waals surface area (Å²) in [5.74, 6) is 0.539. The molecule has 4 heteroatoms. The zero-order valence-electron chi connectivity index (χ0n) is 7.50. The summed E-state index contributed by atoms with van der Waals surface area (Å²) in [4.78, 5) is 1.96. The Morgan fingerprint density at radius 1 is 1.67 bits per heavy atom. The summed E-state index contributed by atoms with van der Waals surface area (Å²) in [5, 5.41) is 10.4. The van der Waals surface area contributed by atoms with Crippen LogP contribution in [0.3, 0.4) is 0 Å². The molecule has 0 bridgehead atoms. The van der Waals surface area contributed by atoms with Crippen molar-refractivity contribution in [1.29, 1.82) is 5.41 Å². The number of amidine groups is 1. The number of hydrogen-bond acceptors (Lipinski definition) is 3. The maximum absolute atomic E-state index is 7.56. The molecule has 0 radical (unpaired) electrons. The summed E-state index contributed by atoms with van der Waals surface area (Å²) in [7, 11) is 3.52. The molecular weight excluding hydrogens is 154 g/mol. The molecule has 0 aromatic rings. The number of likely N-dealkylation sites (tertiary alicyclic amines) is 1. The van der Waals surface area contributed by atoms with Crippen LogP contribution in [0.5, 0.6) is 0 Å². The summed E-state index contributed by atoms with van der Waals surface area (Å²) >= 11 is 0. The van der Waals surface area contributed by atoms with Gasteiger partial charge in [-0.1, -0.05) is 0 Å². The molecular formula is C8H15N3O. The highest BCUT2D eigenvalue weighted by Gasteiger charge is 2.26. The topological polar surface area (TPSA) is 48.4 Å². The molecule has 0 spiro atoms. The van der Waals surface area contributed by atoms with Gasteiger partial charge in [0.05, 0.1) is 6.10 Å². The van der Waals surface area contributed by atoms with Crippen molar-refractivity contribution in [3.05, 3.63) is 12.3 Å². The molecule has 1 rings (SSSR count). The first-order valence-electron chi connectivity index (χ1n) is 3.98. The highest BCUT2D eigenvalue weighted by Crippen LogP contribution is 2.10. The molecule has 0 aromatic heterocycles. The Labute approximate surface area is 72.7 Å². The van der Waals surface area contributed by atoms with Gasteiger partial charge in [-0.3, -0.25) is 5.41 Å². The van der Waals surface area contributed by atoms with Crippen molar-refractivity contribution in [2.75, 3.05) is 27.2 Å². The Bertz CT molecular complexity index is 185. The van der Waals surface area contributed by atoms with E-state index in [-0.39, 0.29) is 0 Å². The van der Waals surface area contributed by atoms with Crippen LogP contribution in [0.4, 0.5) is 0 Å². The quantitative estimate of drug-likeness (QED) is 0.463. The average molecular weight is 169 g/mol.